The van der Waals surface area contributed by atoms with Gasteiger partial charge in [0.15, 0.2) is 0 Å². The van der Waals surface area contributed by atoms with Crippen LogP contribution < -0.4 is 0 Å². The minimum absolute atomic E-state index is 0.481. The molecule has 2 aliphatic rings. The van der Waals surface area contributed by atoms with Crippen LogP contribution in [0.25, 0.3) is 0 Å². The minimum atomic E-state index is -0.494. The van der Waals surface area contributed by atoms with Gasteiger partial charge in [0.1, 0.15) is 11.5 Å². The first-order chi connectivity index (χ1) is 6.61. The normalized spacial score (nSPS) is 49.5. The van der Waals surface area contributed by atoms with Crippen molar-refractivity contribution >= 4 is 11.2 Å². The molecule has 1 spiro atoms. The van der Waals surface area contributed by atoms with Gasteiger partial charge in [-0.25, -0.2) is 0 Å². The summed E-state index contributed by atoms with van der Waals surface area (Å²) in [5.41, 5.74) is 0.481. The summed E-state index contributed by atoms with van der Waals surface area (Å²) in [7, 11) is 0. The lowest BCUT2D eigenvalue weighted by Gasteiger charge is -2.27. The first-order valence-corrected chi connectivity index (χ1v) is 7.45. The molecule has 0 aromatic heterocycles. The molecule has 1 saturated carbocycles. The van der Waals surface area contributed by atoms with Crippen molar-refractivity contribution in [3.8, 4) is 0 Å². The molecule has 1 aliphatic carbocycles. The lowest BCUT2D eigenvalue weighted by Crippen LogP contribution is -2.24. The maximum absolute atomic E-state index is 11.5. The summed E-state index contributed by atoms with van der Waals surface area (Å²) in [6.07, 6.45) is 6.66. The van der Waals surface area contributed by atoms with Crippen LogP contribution in [0.5, 0.6) is 0 Å². The van der Waals surface area contributed by atoms with E-state index in [1.165, 1.54) is 32.1 Å². The zero-order valence-electron chi connectivity index (χ0n) is 9.42. The summed E-state index contributed by atoms with van der Waals surface area (Å²) in [6.45, 7) is 4.77. The summed E-state index contributed by atoms with van der Waals surface area (Å²) >= 11 is -0.494. The third-order valence-corrected chi connectivity index (χ3v) is 6.01. The van der Waals surface area contributed by atoms with E-state index in [2.05, 4.69) is 13.8 Å². The molecule has 0 radical (unpaired) electrons. The van der Waals surface area contributed by atoms with E-state index in [1.807, 2.05) is 0 Å². The van der Waals surface area contributed by atoms with Crippen LogP contribution in [-0.2, 0) is 11.2 Å². The Kier molecular flexibility index (Phi) is 3.13. The van der Waals surface area contributed by atoms with Gasteiger partial charge in [-0.2, -0.15) is 0 Å². The van der Waals surface area contributed by atoms with E-state index in [0.717, 1.165) is 23.3 Å². The Morgan fingerprint density at radius 2 is 2.00 bits per heavy atom. The van der Waals surface area contributed by atoms with Gasteiger partial charge in [-0.05, 0) is 24.7 Å². The fraction of sp³-hybridized carbons (Fsp3) is 1.00. The molecule has 4 atom stereocenters. The topological polar surface area (TPSA) is 23.1 Å². The van der Waals surface area contributed by atoms with Gasteiger partial charge in [-0.3, -0.25) is 0 Å². The molecule has 0 aromatic rings. The molecule has 0 aromatic carbocycles. The van der Waals surface area contributed by atoms with E-state index in [-0.39, 0.29) is 0 Å². The fourth-order valence-electron chi connectivity index (χ4n) is 3.24. The van der Waals surface area contributed by atoms with Gasteiger partial charge in [0.25, 0.3) is 0 Å². The molecule has 2 heteroatoms. The molecule has 0 amide bonds. The number of rotatable bonds is 0. The molecular formula is C12H22OS. The van der Waals surface area contributed by atoms with Gasteiger partial charge in [-0.1, -0.05) is 37.9 Å². The second-order valence-corrected chi connectivity index (χ2v) is 7.17. The van der Waals surface area contributed by atoms with E-state index in [4.69, 9.17) is 0 Å². The van der Waals surface area contributed by atoms with E-state index in [1.54, 1.807) is 0 Å². The molecule has 1 nitrogen and oxygen atoms in total. The van der Waals surface area contributed by atoms with Gasteiger partial charge < -0.3 is 4.55 Å². The van der Waals surface area contributed by atoms with Crippen LogP contribution in [0.15, 0.2) is 0 Å². The lowest BCUT2D eigenvalue weighted by molar-refractivity contribution is 0.236. The van der Waals surface area contributed by atoms with Gasteiger partial charge in [0, 0.05) is 11.8 Å². The smallest absolute Gasteiger partial charge is 0.111 e. The Labute approximate surface area is 90.8 Å². The summed E-state index contributed by atoms with van der Waals surface area (Å²) in [6, 6.07) is 0. The molecule has 4 unspecified atom stereocenters. The highest BCUT2D eigenvalue weighted by atomic mass is 32.2. The predicted molar refractivity (Wildman–Crippen MR) is 61.7 cm³/mol. The standard InChI is InChI=1S/C12H22OS/c1-10-4-3-5-12(8-11(10)2)6-7-14(13)9-12/h10-11H,3-9H2,1-2H3. The van der Waals surface area contributed by atoms with Crippen molar-refractivity contribution in [2.75, 3.05) is 11.5 Å². The van der Waals surface area contributed by atoms with Crippen molar-refractivity contribution in [3.05, 3.63) is 0 Å². The van der Waals surface area contributed by atoms with Crippen LogP contribution >= 0.6 is 0 Å². The maximum Gasteiger partial charge on any atom is 0.111 e. The summed E-state index contributed by atoms with van der Waals surface area (Å²) in [4.78, 5) is 0. The largest absolute Gasteiger partial charge is 0.616 e. The van der Waals surface area contributed by atoms with Crippen molar-refractivity contribution in [1.29, 1.82) is 0 Å². The molecule has 0 N–H and O–H groups in total. The highest BCUT2D eigenvalue weighted by molar-refractivity contribution is 7.91. The van der Waals surface area contributed by atoms with Crippen LogP contribution in [0.2, 0.25) is 0 Å². The van der Waals surface area contributed by atoms with Crippen LogP contribution in [0.4, 0.5) is 0 Å². The van der Waals surface area contributed by atoms with E-state index < -0.39 is 11.2 Å². The van der Waals surface area contributed by atoms with Crippen molar-refractivity contribution in [1.82, 2.24) is 0 Å². The second-order valence-electron chi connectivity index (χ2n) is 5.59. The zero-order valence-corrected chi connectivity index (χ0v) is 10.2. The third-order valence-electron chi connectivity index (χ3n) is 4.42. The highest BCUT2D eigenvalue weighted by Crippen LogP contribution is 2.46. The van der Waals surface area contributed by atoms with Gasteiger partial charge in [-0.15, -0.1) is 0 Å². The molecule has 0 bridgehead atoms. The average molecular weight is 214 g/mol. The van der Waals surface area contributed by atoms with Crippen molar-refractivity contribution in [3.63, 3.8) is 0 Å². The van der Waals surface area contributed by atoms with Crippen LogP contribution in [0.1, 0.15) is 46.0 Å². The van der Waals surface area contributed by atoms with Crippen LogP contribution in [-0.4, -0.2) is 16.1 Å². The number of hydrogen-bond acceptors (Lipinski definition) is 1. The van der Waals surface area contributed by atoms with Gasteiger partial charge in [0.05, 0.1) is 0 Å². The quantitative estimate of drug-likeness (QED) is 0.569. The van der Waals surface area contributed by atoms with E-state index in [0.29, 0.717) is 5.41 Å². The summed E-state index contributed by atoms with van der Waals surface area (Å²) in [5, 5.41) is 0. The van der Waals surface area contributed by atoms with Crippen molar-refractivity contribution < 1.29 is 4.55 Å². The highest BCUT2D eigenvalue weighted by Gasteiger charge is 2.44. The van der Waals surface area contributed by atoms with Crippen molar-refractivity contribution in [2.24, 2.45) is 17.3 Å². The zero-order chi connectivity index (χ0) is 10.2. The first-order valence-electron chi connectivity index (χ1n) is 5.96. The monoisotopic (exact) mass is 214 g/mol. The predicted octanol–water partition coefficient (Wildman–Crippen LogP) is 2.97. The van der Waals surface area contributed by atoms with Gasteiger partial charge >= 0.3 is 0 Å². The molecule has 2 fully saturated rings. The fourth-order valence-corrected chi connectivity index (χ4v) is 5.14. The van der Waals surface area contributed by atoms with E-state index in [9.17, 15) is 4.55 Å². The molecular weight excluding hydrogens is 192 g/mol. The van der Waals surface area contributed by atoms with Crippen LogP contribution in [0, 0.1) is 17.3 Å². The minimum Gasteiger partial charge on any atom is -0.616 e. The maximum atomic E-state index is 11.5. The Hall–Kier alpha value is 0.310. The lowest BCUT2D eigenvalue weighted by atomic mass is 9.76. The third kappa shape index (κ3) is 2.11. The second kappa shape index (κ2) is 4.05. The van der Waals surface area contributed by atoms with Crippen molar-refractivity contribution in [2.45, 2.75) is 46.0 Å². The SMILES string of the molecule is CC1CCCC2(CC[S+]([O-])C2)CC1C. The Bertz CT molecular complexity index is 206. The molecule has 1 heterocycles. The molecule has 14 heavy (non-hydrogen) atoms. The van der Waals surface area contributed by atoms with Crippen LogP contribution in [0.3, 0.4) is 0 Å². The Balaban J connectivity index is 2.05. The average Bonchev–Trinajstić information content (AvgIpc) is 2.40. The number of hydrogen-bond donors (Lipinski definition) is 0. The molecule has 2 rings (SSSR count). The first kappa shape index (κ1) is 10.8. The Morgan fingerprint density at radius 3 is 2.64 bits per heavy atom. The molecule has 1 aliphatic heterocycles. The summed E-state index contributed by atoms with van der Waals surface area (Å²) < 4.78 is 11.5. The molecule has 82 valence electrons. The molecule has 1 saturated heterocycles. The summed E-state index contributed by atoms with van der Waals surface area (Å²) in [5.74, 6) is 3.70. The Morgan fingerprint density at radius 1 is 1.21 bits per heavy atom. The van der Waals surface area contributed by atoms with E-state index >= 15 is 0 Å². The van der Waals surface area contributed by atoms with Gasteiger partial charge in [0.2, 0.25) is 0 Å².